The van der Waals surface area contributed by atoms with Crippen LogP contribution in [0.15, 0.2) is 11.6 Å². The monoisotopic (exact) mass is 314 g/mol. The van der Waals surface area contributed by atoms with Crippen molar-refractivity contribution in [2.24, 2.45) is 5.41 Å². The number of hydrogen-bond acceptors (Lipinski definition) is 0. The van der Waals surface area contributed by atoms with Crippen LogP contribution in [-0.2, 0) is 0 Å². The molecule has 4 bridgehead atoms. The van der Waals surface area contributed by atoms with Gasteiger partial charge in [0.2, 0.25) is 0 Å². The van der Waals surface area contributed by atoms with E-state index in [-0.39, 0.29) is 0 Å². The molecule has 0 amide bonds. The molecule has 4 heterocycles. The van der Waals surface area contributed by atoms with Crippen molar-refractivity contribution in [2.75, 3.05) is 6.16 Å². The van der Waals surface area contributed by atoms with E-state index in [1.54, 1.807) is 11.7 Å². The minimum absolute atomic E-state index is 0.401. The molecule has 0 aromatic heterocycles. The van der Waals surface area contributed by atoms with E-state index in [1.165, 1.54) is 0 Å². The third-order valence-electron chi connectivity index (χ3n) is 5.53. The second-order valence-corrected chi connectivity index (χ2v) is 27.6. The number of hydrogen-bond donors (Lipinski definition) is 0. The predicted molar refractivity (Wildman–Crippen MR) is 93.8 cm³/mol. The Kier molecular flexibility index (Phi) is 2.67. The molecule has 4 aliphatic rings. The highest BCUT2D eigenvalue weighted by atomic mass is 32.1. The molecule has 0 nitrogen and oxygen atoms in total. The van der Waals surface area contributed by atoms with E-state index in [2.05, 4.69) is 59.2 Å². The average molecular weight is 314 g/mol. The molecule has 0 aliphatic carbocycles. The van der Waals surface area contributed by atoms with E-state index in [0.29, 0.717) is 20.6 Å². The van der Waals surface area contributed by atoms with Crippen molar-refractivity contribution in [2.45, 2.75) is 62.9 Å². The molecule has 18 heavy (non-hydrogen) atoms. The fraction of sp³-hybridized carbons (Fsp3) is 0.857. The first-order chi connectivity index (χ1) is 7.96. The van der Waals surface area contributed by atoms with Gasteiger partial charge in [0.25, 0.3) is 0 Å². The Morgan fingerprint density at radius 2 is 1.72 bits per heavy atom. The zero-order valence-electron chi connectivity index (χ0n) is 13.3. The maximum Gasteiger partial charge on any atom is 0.0666 e. The quantitative estimate of drug-likeness (QED) is 0.349. The van der Waals surface area contributed by atoms with Crippen LogP contribution in [0, 0.1) is 5.41 Å². The summed E-state index contributed by atoms with van der Waals surface area (Å²) < 4.78 is 0.824. The Morgan fingerprint density at radius 3 is 2.17 bits per heavy atom. The summed E-state index contributed by atoms with van der Waals surface area (Å²) in [5.74, 6) is 0. The standard InChI is InChI=1S/C14H28P2Si2/c1-11-9-14(18(6,7)8)15-10-13(11,2)12(16(14)15)17(3,4)5/h9,12H,10H2,1-8H3/t12-,13+,14-,15?,16?/m1/s1. The van der Waals surface area contributed by atoms with Gasteiger partial charge in [0.15, 0.2) is 0 Å². The van der Waals surface area contributed by atoms with Gasteiger partial charge in [-0.1, -0.05) is 73.1 Å². The van der Waals surface area contributed by atoms with Crippen LogP contribution in [0.5, 0.6) is 0 Å². The highest BCUT2D eigenvalue weighted by Crippen LogP contribution is 3.12. The van der Waals surface area contributed by atoms with E-state index in [1.807, 2.05) is 0 Å². The third kappa shape index (κ3) is 1.39. The van der Waals surface area contributed by atoms with Gasteiger partial charge in [-0.05, 0) is 23.8 Å². The molecule has 102 valence electrons. The fourth-order valence-corrected chi connectivity index (χ4v) is 40.8. The molecule has 4 rings (SSSR count). The van der Waals surface area contributed by atoms with Gasteiger partial charge in [0.1, 0.15) is 0 Å². The molecule has 2 fully saturated rings. The normalized spacial score (nSPS) is 50.2. The SMILES string of the molecule is CC1=C[C@@]2([Si](C)(C)C)P3C[C@]1(C)[C@@H]([Si](C)(C)C)P32. The lowest BCUT2D eigenvalue weighted by molar-refractivity contribution is 0.478. The van der Waals surface area contributed by atoms with Crippen LogP contribution in [0.1, 0.15) is 13.8 Å². The van der Waals surface area contributed by atoms with Crippen molar-refractivity contribution < 1.29 is 0 Å². The zero-order chi connectivity index (χ0) is 13.7. The third-order valence-corrected chi connectivity index (χ3v) is 29.8. The summed E-state index contributed by atoms with van der Waals surface area (Å²) in [6.45, 7) is 20.9. The van der Waals surface area contributed by atoms with E-state index in [4.69, 9.17) is 0 Å². The van der Waals surface area contributed by atoms with Gasteiger partial charge in [-0.15, -0.1) is 0 Å². The lowest BCUT2D eigenvalue weighted by Crippen LogP contribution is -2.54. The first-order valence-electron chi connectivity index (χ1n) is 7.23. The Morgan fingerprint density at radius 1 is 1.17 bits per heavy atom. The van der Waals surface area contributed by atoms with Crippen LogP contribution >= 0.6 is 15.2 Å². The number of allylic oxidation sites excluding steroid dienone is 2. The zero-order valence-corrected chi connectivity index (χ0v) is 17.0. The molecule has 0 aromatic rings. The maximum atomic E-state index is 2.83. The summed E-state index contributed by atoms with van der Waals surface area (Å²) in [7, 11) is -1.21. The van der Waals surface area contributed by atoms with Crippen LogP contribution in [0.25, 0.3) is 0 Å². The first kappa shape index (κ1) is 14.0. The molecule has 0 spiro atoms. The van der Waals surface area contributed by atoms with Crippen molar-refractivity contribution in [3.05, 3.63) is 11.6 Å². The molecule has 0 saturated carbocycles. The van der Waals surface area contributed by atoms with Crippen LogP contribution in [0.3, 0.4) is 0 Å². The van der Waals surface area contributed by atoms with E-state index in [9.17, 15) is 0 Å². The largest absolute Gasteiger partial charge is 0.0725 e. The minimum Gasteiger partial charge on any atom is -0.0725 e. The molecule has 5 atom stereocenters. The van der Waals surface area contributed by atoms with Crippen LogP contribution in [0.2, 0.25) is 39.3 Å². The summed E-state index contributed by atoms with van der Waals surface area (Å²) in [6, 6.07) is 0. The lowest BCUT2D eigenvalue weighted by atomic mass is 9.86. The van der Waals surface area contributed by atoms with Gasteiger partial charge in [-0.2, -0.15) is 0 Å². The minimum atomic E-state index is -1.02. The Bertz CT molecular complexity index is 446. The van der Waals surface area contributed by atoms with Crippen molar-refractivity contribution >= 4 is 31.4 Å². The molecule has 0 radical (unpaired) electrons. The van der Waals surface area contributed by atoms with Gasteiger partial charge < -0.3 is 0 Å². The second-order valence-electron chi connectivity index (χ2n) is 8.89. The smallest absolute Gasteiger partial charge is 0.0666 e. The molecule has 2 unspecified atom stereocenters. The molecule has 0 N–H and O–H groups in total. The van der Waals surface area contributed by atoms with Gasteiger partial charge in [-0.25, -0.2) is 0 Å². The molecule has 0 aromatic carbocycles. The van der Waals surface area contributed by atoms with Crippen molar-refractivity contribution in [1.29, 1.82) is 0 Å². The summed E-state index contributed by atoms with van der Waals surface area (Å²) in [4.78, 5) is 0. The molecule has 4 aliphatic heterocycles. The Balaban J connectivity index is 2.15. The molecule has 4 heteroatoms. The Labute approximate surface area is 117 Å². The topological polar surface area (TPSA) is 0 Å². The summed E-state index contributed by atoms with van der Waals surface area (Å²) >= 11 is 0. The van der Waals surface area contributed by atoms with E-state index in [0.717, 1.165) is 9.80 Å². The second kappa shape index (κ2) is 3.43. The van der Waals surface area contributed by atoms with Crippen molar-refractivity contribution in [1.82, 2.24) is 0 Å². The Hall–Kier alpha value is 1.03. The van der Waals surface area contributed by atoms with Crippen molar-refractivity contribution in [3.63, 3.8) is 0 Å². The van der Waals surface area contributed by atoms with Gasteiger partial charge in [-0.3, -0.25) is 0 Å². The summed E-state index contributed by atoms with van der Waals surface area (Å²) in [5, 5.41) is 1.14. The molecule has 2 saturated heterocycles. The van der Waals surface area contributed by atoms with E-state index < -0.39 is 16.1 Å². The molecular formula is C14H28P2Si2. The van der Waals surface area contributed by atoms with Gasteiger partial charge in [0, 0.05) is 4.52 Å². The van der Waals surface area contributed by atoms with Gasteiger partial charge in [0.05, 0.1) is 16.1 Å². The van der Waals surface area contributed by atoms with Crippen LogP contribution in [0.4, 0.5) is 0 Å². The summed E-state index contributed by atoms with van der Waals surface area (Å²) in [5.41, 5.74) is 2.41. The highest BCUT2D eigenvalue weighted by molar-refractivity contribution is 8.51. The molecular weight excluding hydrogens is 286 g/mol. The maximum absolute atomic E-state index is 2.83. The van der Waals surface area contributed by atoms with Crippen LogP contribution in [-0.4, -0.2) is 32.1 Å². The van der Waals surface area contributed by atoms with Crippen molar-refractivity contribution in [3.8, 4) is 0 Å². The average Bonchev–Trinajstić information content (AvgIpc) is 2.65. The number of rotatable bonds is 2. The lowest BCUT2D eigenvalue weighted by Gasteiger charge is -2.50. The van der Waals surface area contributed by atoms with E-state index >= 15 is 0 Å². The van der Waals surface area contributed by atoms with Gasteiger partial charge >= 0.3 is 0 Å². The highest BCUT2D eigenvalue weighted by Gasteiger charge is 2.81. The predicted octanol–water partition coefficient (Wildman–Crippen LogP) is 5.68. The fourth-order valence-electron chi connectivity index (χ4n) is 4.71. The first-order valence-corrected chi connectivity index (χ1v) is 18.0. The summed E-state index contributed by atoms with van der Waals surface area (Å²) in [6.07, 6.45) is 4.44. The van der Waals surface area contributed by atoms with Crippen LogP contribution < -0.4 is 0 Å².